The van der Waals surface area contributed by atoms with E-state index in [1.54, 1.807) is 0 Å². The first-order chi connectivity index (χ1) is 7.78. The number of nitrogens with zero attached hydrogens (tertiary/aromatic N) is 2. The van der Waals surface area contributed by atoms with Gasteiger partial charge in [0.1, 0.15) is 0 Å². The molecule has 1 N–H and O–H groups in total. The van der Waals surface area contributed by atoms with Gasteiger partial charge in [0.15, 0.2) is 0 Å². The Labute approximate surface area is 98.2 Å². The summed E-state index contributed by atoms with van der Waals surface area (Å²) in [6.45, 7) is 3.26. The van der Waals surface area contributed by atoms with Crippen LogP contribution in [0.15, 0.2) is 12.4 Å². The summed E-state index contributed by atoms with van der Waals surface area (Å²) in [4.78, 5) is 0. The van der Waals surface area contributed by atoms with E-state index < -0.39 is 0 Å². The molecule has 1 saturated carbocycles. The second kappa shape index (κ2) is 5.48. The number of rotatable bonds is 6. The lowest BCUT2D eigenvalue weighted by Crippen LogP contribution is -2.34. The lowest BCUT2D eigenvalue weighted by molar-refractivity contribution is 0.260. The number of likely N-dealkylation sites (N-methyl/N-ethyl adjacent to an activating group) is 1. The predicted octanol–water partition coefficient (Wildman–Crippen LogP) is 2.13. The zero-order chi connectivity index (χ0) is 11.4. The van der Waals surface area contributed by atoms with Gasteiger partial charge in [0.25, 0.3) is 0 Å². The first kappa shape index (κ1) is 11.6. The summed E-state index contributed by atoms with van der Waals surface area (Å²) in [6.07, 6.45) is 10.9. The molecule has 0 aliphatic heterocycles. The molecule has 1 aliphatic rings. The highest BCUT2D eigenvalue weighted by Crippen LogP contribution is 2.31. The number of hydrogen-bond acceptors (Lipinski definition) is 2. The molecule has 1 aromatic heterocycles. The van der Waals surface area contributed by atoms with E-state index in [0.717, 1.165) is 18.9 Å². The zero-order valence-electron chi connectivity index (χ0n) is 10.4. The maximum absolute atomic E-state index is 4.23. The van der Waals surface area contributed by atoms with Crippen molar-refractivity contribution >= 4 is 0 Å². The second-order valence-corrected chi connectivity index (χ2v) is 5.01. The number of aryl methyl sites for hydroxylation is 1. The summed E-state index contributed by atoms with van der Waals surface area (Å²) in [5, 5.41) is 7.83. The van der Waals surface area contributed by atoms with Gasteiger partial charge in [-0.1, -0.05) is 26.2 Å². The molecule has 1 unspecified atom stereocenters. The average molecular weight is 221 g/mol. The van der Waals surface area contributed by atoms with Crippen molar-refractivity contribution in [1.82, 2.24) is 15.1 Å². The van der Waals surface area contributed by atoms with E-state index in [-0.39, 0.29) is 0 Å². The molecular formula is C13H23N3. The Kier molecular flexibility index (Phi) is 3.99. The van der Waals surface area contributed by atoms with Crippen LogP contribution in [0.4, 0.5) is 0 Å². The van der Waals surface area contributed by atoms with Crippen LogP contribution in [-0.2, 0) is 13.5 Å². The molecule has 2 rings (SSSR count). The predicted molar refractivity (Wildman–Crippen MR) is 66.3 cm³/mol. The largest absolute Gasteiger partial charge is 0.314 e. The monoisotopic (exact) mass is 221 g/mol. The molecule has 0 radical (unpaired) electrons. The molecule has 1 heterocycles. The third-order valence-corrected chi connectivity index (χ3v) is 3.58. The molecule has 0 spiro atoms. The molecule has 90 valence electrons. The van der Waals surface area contributed by atoms with Crippen molar-refractivity contribution in [2.24, 2.45) is 13.0 Å². The molecule has 1 fully saturated rings. The van der Waals surface area contributed by atoms with Gasteiger partial charge in [-0.05, 0) is 30.9 Å². The van der Waals surface area contributed by atoms with Crippen molar-refractivity contribution in [1.29, 1.82) is 0 Å². The van der Waals surface area contributed by atoms with Gasteiger partial charge in [-0.25, -0.2) is 0 Å². The average Bonchev–Trinajstić information content (AvgIpc) is 2.58. The van der Waals surface area contributed by atoms with E-state index in [0.29, 0.717) is 6.04 Å². The molecule has 1 aliphatic carbocycles. The third kappa shape index (κ3) is 3.08. The third-order valence-electron chi connectivity index (χ3n) is 3.58. The minimum absolute atomic E-state index is 0.638. The molecule has 0 saturated heterocycles. The van der Waals surface area contributed by atoms with Gasteiger partial charge in [0.05, 0.1) is 6.20 Å². The Morgan fingerprint density at radius 2 is 2.38 bits per heavy atom. The number of nitrogens with one attached hydrogen (secondary N) is 1. The molecule has 1 atom stereocenters. The summed E-state index contributed by atoms with van der Waals surface area (Å²) in [7, 11) is 1.98. The van der Waals surface area contributed by atoms with Gasteiger partial charge in [-0.3, -0.25) is 4.68 Å². The highest BCUT2D eigenvalue weighted by molar-refractivity contribution is 5.06. The molecule has 0 bridgehead atoms. The number of hydrogen-bond donors (Lipinski definition) is 1. The molecule has 3 heteroatoms. The van der Waals surface area contributed by atoms with E-state index in [1.165, 1.54) is 31.2 Å². The minimum atomic E-state index is 0.638. The Hall–Kier alpha value is -0.830. The molecule has 3 nitrogen and oxygen atoms in total. The van der Waals surface area contributed by atoms with Crippen molar-refractivity contribution in [3.63, 3.8) is 0 Å². The summed E-state index contributed by atoms with van der Waals surface area (Å²) in [5.74, 6) is 0.973. The van der Waals surface area contributed by atoms with Crippen molar-refractivity contribution in [2.75, 3.05) is 6.54 Å². The van der Waals surface area contributed by atoms with Crippen molar-refractivity contribution in [3.8, 4) is 0 Å². The van der Waals surface area contributed by atoms with E-state index >= 15 is 0 Å². The van der Waals surface area contributed by atoms with E-state index in [2.05, 4.69) is 23.5 Å². The lowest BCUT2D eigenvalue weighted by atomic mass is 9.80. The van der Waals surface area contributed by atoms with Gasteiger partial charge >= 0.3 is 0 Å². The van der Waals surface area contributed by atoms with Crippen LogP contribution < -0.4 is 5.32 Å². The standard InChI is InChI=1S/C13H23N3/c1-3-14-13(7-11-5-4-6-11)8-12-9-15-16(2)10-12/h9-11,13-14H,3-8H2,1-2H3. The van der Waals surface area contributed by atoms with Crippen LogP contribution in [0.25, 0.3) is 0 Å². The van der Waals surface area contributed by atoms with Crippen LogP contribution >= 0.6 is 0 Å². The van der Waals surface area contributed by atoms with Crippen LogP contribution in [0.1, 0.15) is 38.2 Å². The summed E-state index contributed by atoms with van der Waals surface area (Å²) < 4.78 is 1.89. The quantitative estimate of drug-likeness (QED) is 0.797. The smallest absolute Gasteiger partial charge is 0.0522 e. The highest BCUT2D eigenvalue weighted by Gasteiger charge is 2.21. The fourth-order valence-corrected chi connectivity index (χ4v) is 2.52. The highest BCUT2D eigenvalue weighted by atomic mass is 15.2. The molecule has 1 aromatic rings. The Morgan fingerprint density at radius 3 is 2.88 bits per heavy atom. The van der Waals surface area contributed by atoms with Crippen LogP contribution in [0.5, 0.6) is 0 Å². The Bertz CT molecular complexity index is 315. The fourth-order valence-electron chi connectivity index (χ4n) is 2.52. The molecular weight excluding hydrogens is 198 g/mol. The topological polar surface area (TPSA) is 29.9 Å². The zero-order valence-corrected chi connectivity index (χ0v) is 10.4. The molecule has 0 amide bonds. The molecule has 16 heavy (non-hydrogen) atoms. The van der Waals surface area contributed by atoms with Crippen LogP contribution in [0.2, 0.25) is 0 Å². The van der Waals surface area contributed by atoms with Crippen LogP contribution in [-0.4, -0.2) is 22.4 Å². The van der Waals surface area contributed by atoms with E-state index in [1.807, 2.05) is 17.9 Å². The Morgan fingerprint density at radius 1 is 1.56 bits per heavy atom. The van der Waals surface area contributed by atoms with Gasteiger partial charge in [0, 0.05) is 19.3 Å². The van der Waals surface area contributed by atoms with Crippen LogP contribution in [0, 0.1) is 5.92 Å². The second-order valence-electron chi connectivity index (χ2n) is 5.01. The normalized spacial score (nSPS) is 18.4. The summed E-state index contributed by atoms with van der Waals surface area (Å²) in [5.41, 5.74) is 1.35. The summed E-state index contributed by atoms with van der Waals surface area (Å²) in [6, 6.07) is 0.638. The van der Waals surface area contributed by atoms with E-state index in [9.17, 15) is 0 Å². The van der Waals surface area contributed by atoms with Gasteiger partial charge < -0.3 is 5.32 Å². The maximum Gasteiger partial charge on any atom is 0.0522 e. The van der Waals surface area contributed by atoms with Crippen molar-refractivity contribution in [2.45, 2.75) is 45.1 Å². The Balaban J connectivity index is 1.85. The van der Waals surface area contributed by atoms with Gasteiger partial charge in [0.2, 0.25) is 0 Å². The SMILES string of the molecule is CCNC(Cc1cnn(C)c1)CC1CCC1. The molecule has 0 aromatic carbocycles. The minimum Gasteiger partial charge on any atom is -0.314 e. The van der Waals surface area contributed by atoms with Gasteiger partial charge in [-0.2, -0.15) is 5.10 Å². The number of aromatic nitrogens is 2. The van der Waals surface area contributed by atoms with Crippen molar-refractivity contribution < 1.29 is 0 Å². The van der Waals surface area contributed by atoms with Gasteiger partial charge in [-0.15, -0.1) is 0 Å². The maximum atomic E-state index is 4.23. The summed E-state index contributed by atoms with van der Waals surface area (Å²) >= 11 is 0. The lowest BCUT2D eigenvalue weighted by Gasteiger charge is -2.30. The fraction of sp³-hybridized carbons (Fsp3) is 0.769. The van der Waals surface area contributed by atoms with Crippen LogP contribution in [0.3, 0.4) is 0 Å². The first-order valence-electron chi connectivity index (χ1n) is 6.49. The van der Waals surface area contributed by atoms with E-state index in [4.69, 9.17) is 0 Å². The first-order valence-corrected chi connectivity index (χ1v) is 6.49. The van der Waals surface area contributed by atoms with Crippen molar-refractivity contribution in [3.05, 3.63) is 18.0 Å².